The van der Waals surface area contributed by atoms with Gasteiger partial charge in [0, 0.05) is 25.7 Å². The van der Waals surface area contributed by atoms with Gasteiger partial charge in [0.15, 0.2) is 21.2 Å². The van der Waals surface area contributed by atoms with Crippen molar-refractivity contribution in [1.82, 2.24) is 0 Å². The smallest absolute Gasteiger partial charge is 0.258 e. The summed E-state index contributed by atoms with van der Waals surface area (Å²) in [7, 11) is 5.26. The molecule has 2 heterocycles. The minimum absolute atomic E-state index is 0.0752. The van der Waals surface area contributed by atoms with E-state index >= 15 is 0 Å². The highest BCUT2D eigenvalue weighted by Crippen LogP contribution is 2.66. The molecule has 0 spiro atoms. The van der Waals surface area contributed by atoms with Crippen LogP contribution >= 0.6 is 23.2 Å². The van der Waals surface area contributed by atoms with Crippen LogP contribution in [0.4, 0.5) is 32.8 Å². The van der Waals surface area contributed by atoms with Crippen molar-refractivity contribution in [1.29, 1.82) is 0 Å². The largest absolute Gasteiger partial charge is 0.504 e. The number of rotatable bonds is 7. The van der Waals surface area contributed by atoms with E-state index in [0.29, 0.717) is 28.2 Å². The molecule has 0 bridgehead atoms. The molecule has 1 N–H and O–H groups in total. The first-order valence-electron chi connectivity index (χ1n) is 17.5. The van der Waals surface area contributed by atoms with Gasteiger partial charge in [-0.25, -0.2) is 9.29 Å². The lowest BCUT2D eigenvalue weighted by Crippen LogP contribution is -2.60. The molecule has 0 aromatic heterocycles. The number of phenols is 1. The molecule has 4 aliphatic rings. The van der Waals surface area contributed by atoms with Gasteiger partial charge in [0.05, 0.1) is 41.7 Å². The summed E-state index contributed by atoms with van der Waals surface area (Å²) in [5.41, 5.74) is 3.58. The first-order chi connectivity index (χ1) is 26.3. The molecule has 55 heavy (non-hydrogen) atoms. The monoisotopic (exact) mass is 781 g/mol. The van der Waals surface area contributed by atoms with E-state index in [4.69, 9.17) is 27.9 Å². The quantitative estimate of drug-likeness (QED) is 0.0877. The van der Waals surface area contributed by atoms with E-state index in [0.717, 1.165) is 27.6 Å². The van der Waals surface area contributed by atoms with Crippen molar-refractivity contribution in [3.63, 3.8) is 0 Å². The zero-order chi connectivity index (χ0) is 39.0. The highest BCUT2D eigenvalue weighted by molar-refractivity contribution is 6.58. The van der Waals surface area contributed by atoms with E-state index in [1.54, 1.807) is 30.3 Å². The van der Waals surface area contributed by atoms with Gasteiger partial charge in [-0.3, -0.25) is 24.1 Å². The number of hydrogen-bond donors (Lipinski definition) is 1. The van der Waals surface area contributed by atoms with Crippen LogP contribution in [0.2, 0.25) is 0 Å². The first-order valence-corrected chi connectivity index (χ1v) is 18.3. The van der Waals surface area contributed by atoms with Crippen molar-refractivity contribution in [2.45, 2.75) is 28.5 Å². The number of nitrogens with zero attached hydrogens (tertiary/aromatic N) is 5. The number of fused-ring (bicyclic) bond motifs is 4. The van der Waals surface area contributed by atoms with E-state index in [-0.39, 0.29) is 30.0 Å². The number of carbonyl (C=O) groups excluding carboxylic acids is 4. The highest BCUT2D eigenvalue weighted by atomic mass is 35.5. The van der Waals surface area contributed by atoms with E-state index in [9.17, 15) is 28.7 Å². The molecule has 2 aliphatic heterocycles. The van der Waals surface area contributed by atoms with Gasteiger partial charge < -0.3 is 14.7 Å². The van der Waals surface area contributed by atoms with Crippen molar-refractivity contribution in [2.75, 3.05) is 35.9 Å². The number of anilines is 3. The number of allylic oxidation sites excluding steroid dienone is 2. The predicted octanol–water partition coefficient (Wildman–Crippen LogP) is 7.79. The molecular formula is C41H34Cl2FN5O6. The lowest BCUT2D eigenvalue weighted by Gasteiger charge is -2.50. The Kier molecular flexibility index (Phi) is 8.81. The van der Waals surface area contributed by atoms with Crippen LogP contribution in [0.1, 0.15) is 24.3 Å². The van der Waals surface area contributed by atoms with Crippen molar-refractivity contribution in [3.8, 4) is 11.5 Å². The Morgan fingerprint density at radius 1 is 0.800 bits per heavy atom. The molecule has 6 atom stereocenters. The summed E-state index contributed by atoms with van der Waals surface area (Å²) in [6, 6.07) is 23.4. The zero-order valence-electron chi connectivity index (χ0n) is 29.8. The van der Waals surface area contributed by atoms with Gasteiger partial charge in [-0.1, -0.05) is 17.7 Å². The van der Waals surface area contributed by atoms with E-state index in [1.807, 2.05) is 49.3 Å². The number of halogens is 3. The highest BCUT2D eigenvalue weighted by Gasteiger charge is 2.76. The SMILES string of the molecule is COc1cc([C@H]2C3=CC[C@@H]4C(=O)N(c5ccc(N=Nc6ccc(N(C)C)cc6)cc5)C(=O)[C@@H]4[C@@H]3C[C@@]3(Cl)C(=O)N(c4ccc(F)cc4)C(=O)[C@@]23Cl)ccc1O. The molecule has 280 valence electrons. The van der Waals surface area contributed by atoms with Crippen LogP contribution < -0.4 is 19.4 Å². The fraction of sp³-hybridized carbons (Fsp3) is 0.268. The van der Waals surface area contributed by atoms with Crippen LogP contribution in [0.25, 0.3) is 0 Å². The Bertz CT molecular complexity index is 2320. The third-order valence-corrected chi connectivity index (χ3v) is 12.6. The maximum atomic E-state index is 14.6. The van der Waals surface area contributed by atoms with Crippen LogP contribution in [0.15, 0.2) is 113 Å². The minimum Gasteiger partial charge on any atom is -0.504 e. The van der Waals surface area contributed by atoms with Gasteiger partial charge in [0.1, 0.15) is 5.82 Å². The van der Waals surface area contributed by atoms with Gasteiger partial charge in [-0.05, 0) is 109 Å². The number of carbonyl (C=O) groups is 4. The van der Waals surface area contributed by atoms with E-state index in [1.165, 1.54) is 31.4 Å². The first kappa shape index (κ1) is 36.4. The summed E-state index contributed by atoms with van der Waals surface area (Å²) in [5, 5.41) is 19.1. The van der Waals surface area contributed by atoms with Crippen LogP contribution in [-0.4, -0.2) is 59.7 Å². The molecular weight excluding hydrogens is 748 g/mol. The van der Waals surface area contributed by atoms with Crippen LogP contribution in [-0.2, 0) is 19.2 Å². The molecule has 0 unspecified atom stereocenters. The molecule has 1 saturated carbocycles. The molecule has 2 saturated heterocycles. The molecule has 2 aliphatic carbocycles. The lowest BCUT2D eigenvalue weighted by molar-refractivity contribution is -0.125. The topological polar surface area (TPSA) is 132 Å². The summed E-state index contributed by atoms with van der Waals surface area (Å²) >= 11 is 14.9. The van der Waals surface area contributed by atoms with Gasteiger partial charge in [-0.2, -0.15) is 10.2 Å². The average molecular weight is 783 g/mol. The number of hydrogen-bond acceptors (Lipinski definition) is 9. The van der Waals surface area contributed by atoms with Gasteiger partial charge in [-0.15, -0.1) is 23.2 Å². The van der Waals surface area contributed by atoms with E-state index in [2.05, 4.69) is 10.2 Å². The van der Waals surface area contributed by atoms with Crippen LogP contribution in [0.3, 0.4) is 0 Å². The molecule has 4 amide bonds. The van der Waals surface area contributed by atoms with Gasteiger partial charge in [0.25, 0.3) is 11.8 Å². The molecule has 4 aromatic carbocycles. The number of aromatic hydroxyl groups is 1. The number of phenolic OH excluding ortho intramolecular Hbond substituents is 1. The van der Waals surface area contributed by atoms with Gasteiger partial charge >= 0.3 is 0 Å². The average Bonchev–Trinajstić information content (AvgIpc) is 3.52. The molecule has 3 fully saturated rings. The molecule has 14 heteroatoms. The Hall–Kier alpha value is -5.59. The molecule has 8 rings (SSSR count). The van der Waals surface area contributed by atoms with Gasteiger partial charge in [0.2, 0.25) is 11.8 Å². The Morgan fingerprint density at radius 2 is 1.40 bits per heavy atom. The van der Waals surface area contributed by atoms with Crippen molar-refractivity contribution >= 4 is 75.3 Å². The summed E-state index contributed by atoms with van der Waals surface area (Å²) < 4.78 is 19.3. The Morgan fingerprint density at radius 3 is 2.02 bits per heavy atom. The lowest BCUT2D eigenvalue weighted by atomic mass is 9.56. The third-order valence-electron chi connectivity index (χ3n) is 11.2. The number of amides is 4. The summed E-state index contributed by atoms with van der Waals surface area (Å²) in [6.07, 6.45) is 1.74. The summed E-state index contributed by atoms with van der Waals surface area (Å²) in [5.74, 6) is -6.77. The molecule has 4 aromatic rings. The minimum atomic E-state index is -2.12. The zero-order valence-corrected chi connectivity index (χ0v) is 31.3. The number of ether oxygens (including phenoxy) is 1. The number of azo groups is 1. The Balaban J connectivity index is 1.15. The third kappa shape index (κ3) is 5.52. The summed E-state index contributed by atoms with van der Waals surface area (Å²) in [4.78, 5) is 57.4. The van der Waals surface area contributed by atoms with Crippen molar-refractivity contribution in [3.05, 3.63) is 114 Å². The standard InChI is InChI=1S/C41H34Cl2FN5O6/c1-47(2)26-13-7-24(8-14-26)45-46-25-9-15-27(16-10-25)48-36(51)30-18-17-29-31(34(30)37(48)52)21-40(42)38(53)49(28-11-5-23(44)6-12-28)39(54)41(40,43)35(29)22-4-19-32(50)33(20-22)55-3/h4-17,19-20,30-31,34-35,50H,18,21H2,1-3H3/t30-,31+,34-,35-,40+,41-/m0/s1. The number of alkyl halides is 2. The Labute approximate surface area is 325 Å². The second-order valence-corrected chi connectivity index (χ2v) is 15.6. The predicted molar refractivity (Wildman–Crippen MR) is 205 cm³/mol. The summed E-state index contributed by atoms with van der Waals surface area (Å²) in [6.45, 7) is 0. The molecule has 11 nitrogen and oxygen atoms in total. The van der Waals surface area contributed by atoms with E-state index < -0.39 is 62.9 Å². The maximum absolute atomic E-state index is 14.6. The fourth-order valence-corrected chi connectivity index (χ4v) is 9.44. The maximum Gasteiger partial charge on any atom is 0.258 e. The molecule has 0 radical (unpaired) electrons. The second-order valence-electron chi connectivity index (χ2n) is 14.3. The number of methoxy groups -OCH3 is 1. The number of imide groups is 2. The second kappa shape index (κ2) is 13.3. The normalized spacial score (nSPS) is 27.3. The number of benzene rings is 4. The fourth-order valence-electron chi connectivity index (χ4n) is 8.50. The van der Waals surface area contributed by atoms with Crippen molar-refractivity contribution < 1.29 is 33.4 Å². The van der Waals surface area contributed by atoms with Crippen LogP contribution in [0.5, 0.6) is 11.5 Å². The van der Waals surface area contributed by atoms with Crippen molar-refractivity contribution in [2.24, 2.45) is 28.0 Å². The van der Waals surface area contributed by atoms with Crippen LogP contribution in [0, 0.1) is 23.6 Å².